The fourth-order valence-corrected chi connectivity index (χ4v) is 3.67. The molecule has 1 heterocycles. The highest BCUT2D eigenvalue weighted by Gasteiger charge is 2.38. The molecule has 0 spiro atoms. The van der Waals surface area contributed by atoms with Crippen molar-refractivity contribution in [3.63, 3.8) is 0 Å². The van der Waals surface area contributed by atoms with E-state index in [1.807, 2.05) is 0 Å². The summed E-state index contributed by atoms with van der Waals surface area (Å²) in [5.41, 5.74) is 0. The van der Waals surface area contributed by atoms with Gasteiger partial charge in [-0.3, -0.25) is 4.90 Å². The largest absolute Gasteiger partial charge is 0.299 e. The van der Waals surface area contributed by atoms with Gasteiger partial charge in [-0.15, -0.1) is 0 Å². The Labute approximate surface area is 92.1 Å². The van der Waals surface area contributed by atoms with Gasteiger partial charge in [-0.25, -0.2) is 13.1 Å². The maximum absolute atomic E-state index is 11.7. The highest BCUT2D eigenvalue weighted by Crippen LogP contribution is 2.28. The highest BCUT2D eigenvalue weighted by atomic mass is 32.2. The maximum atomic E-state index is 11.7. The van der Waals surface area contributed by atoms with Crippen LogP contribution in [-0.4, -0.2) is 43.7 Å². The number of nitrogens with zero attached hydrogens (tertiary/aromatic N) is 1. The fourth-order valence-electron chi connectivity index (χ4n) is 2.06. The highest BCUT2D eigenvalue weighted by molar-refractivity contribution is 7.90. The summed E-state index contributed by atoms with van der Waals surface area (Å²) in [7, 11) is -3.00. The van der Waals surface area contributed by atoms with E-state index in [-0.39, 0.29) is 11.3 Å². The molecule has 1 saturated carbocycles. The molecule has 0 radical (unpaired) electrons. The molecule has 2 aliphatic rings. The minimum Gasteiger partial charge on any atom is -0.299 e. The molecule has 0 aromatic carbocycles. The van der Waals surface area contributed by atoms with Gasteiger partial charge in [0.1, 0.15) is 0 Å². The average molecular weight is 232 g/mol. The lowest BCUT2D eigenvalue weighted by Crippen LogP contribution is -2.39. The summed E-state index contributed by atoms with van der Waals surface area (Å²) < 4.78 is 26.2. The molecule has 4 nitrogen and oxygen atoms in total. The van der Waals surface area contributed by atoms with Crippen LogP contribution < -0.4 is 4.72 Å². The lowest BCUT2D eigenvalue weighted by atomic mass is 10.3. The monoisotopic (exact) mass is 232 g/mol. The predicted octanol–water partition coefficient (Wildman–Crippen LogP) is 0.551. The van der Waals surface area contributed by atoms with Crippen molar-refractivity contribution in [3.8, 4) is 0 Å². The Bertz CT molecular complexity index is 322. The second-order valence-corrected chi connectivity index (χ2v) is 6.93. The van der Waals surface area contributed by atoms with Crippen LogP contribution in [0.5, 0.6) is 0 Å². The summed E-state index contributed by atoms with van der Waals surface area (Å²) >= 11 is 0. The third-order valence-electron chi connectivity index (χ3n) is 3.24. The molecule has 1 N–H and O–H groups in total. The predicted molar refractivity (Wildman–Crippen MR) is 60.2 cm³/mol. The average Bonchev–Trinajstić information content (AvgIpc) is 2.88. The van der Waals surface area contributed by atoms with Gasteiger partial charge in [0, 0.05) is 25.2 Å². The topological polar surface area (TPSA) is 49.4 Å². The van der Waals surface area contributed by atoms with Crippen LogP contribution in [0.4, 0.5) is 0 Å². The maximum Gasteiger partial charge on any atom is 0.214 e. The summed E-state index contributed by atoms with van der Waals surface area (Å²) in [5.74, 6) is 0. The van der Waals surface area contributed by atoms with Crippen molar-refractivity contribution in [2.24, 2.45) is 0 Å². The molecule has 15 heavy (non-hydrogen) atoms. The van der Waals surface area contributed by atoms with Gasteiger partial charge >= 0.3 is 0 Å². The Hall–Kier alpha value is -0.130. The lowest BCUT2D eigenvalue weighted by molar-refractivity contribution is 0.271. The third-order valence-corrected chi connectivity index (χ3v) is 5.26. The summed E-state index contributed by atoms with van der Waals surface area (Å²) in [6.45, 7) is 6.18. The molecular weight excluding hydrogens is 212 g/mol. The Balaban J connectivity index is 1.87. The van der Waals surface area contributed by atoms with Crippen molar-refractivity contribution in [2.45, 2.75) is 50.4 Å². The molecule has 2 rings (SSSR count). The van der Waals surface area contributed by atoms with Crippen LogP contribution in [0.1, 0.15) is 33.1 Å². The smallest absolute Gasteiger partial charge is 0.214 e. The number of nitrogens with one attached hydrogen (secondary N) is 1. The number of hydrogen-bond acceptors (Lipinski definition) is 3. The van der Waals surface area contributed by atoms with Gasteiger partial charge < -0.3 is 0 Å². The van der Waals surface area contributed by atoms with Crippen molar-refractivity contribution >= 4 is 10.0 Å². The van der Waals surface area contributed by atoms with Crippen molar-refractivity contribution < 1.29 is 8.42 Å². The van der Waals surface area contributed by atoms with Crippen molar-refractivity contribution in [1.29, 1.82) is 0 Å². The fraction of sp³-hybridized carbons (Fsp3) is 1.00. The van der Waals surface area contributed by atoms with E-state index in [9.17, 15) is 8.42 Å². The van der Waals surface area contributed by atoms with Gasteiger partial charge in [-0.05, 0) is 33.1 Å². The van der Waals surface area contributed by atoms with Crippen molar-refractivity contribution in [2.75, 3.05) is 13.1 Å². The Morgan fingerprint density at radius 1 is 1.27 bits per heavy atom. The van der Waals surface area contributed by atoms with E-state index < -0.39 is 10.0 Å². The van der Waals surface area contributed by atoms with Crippen LogP contribution in [0.3, 0.4) is 0 Å². The Kier molecular flexibility index (Phi) is 3.05. The SMILES string of the molecule is CC(C)N1CC[C@@H](NS(=O)(=O)C2CC2)C1. The number of sulfonamides is 1. The van der Waals surface area contributed by atoms with E-state index in [2.05, 4.69) is 23.5 Å². The zero-order valence-corrected chi connectivity index (χ0v) is 10.3. The van der Waals surface area contributed by atoms with E-state index >= 15 is 0 Å². The first-order valence-corrected chi connectivity index (χ1v) is 7.29. The zero-order chi connectivity index (χ0) is 11.1. The van der Waals surface area contributed by atoms with Crippen LogP contribution in [0.15, 0.2) is 0 Å². The van der Waals surface area contributed by atoms with Crippen LogP contribution in [0, 0.1) is 0 Å². The summed E-state index contributed by atoms with van der Waals surface area (Å²) in [6.07, 6.45) is 2.63. The normalized spacial score (nSPS) is 28.9. The number of rotatable bonds is 4. The Morgan fingerprint density at radius 2 is 1.93 bits per heavy atom. The first-order chi connectivity index (χ1) is 6.99. The zero-order valence-electron chi connectivity index (χ0n) is 9.44. The Morgan fingerprint density at radius 3 is 2.40 bits per heavy atom. The van der Waals surface area contributed by atoms with Crippen molar-refractivity contribution in [1.82, 2.24) is 9.62 Å². The molecule has 2 fully saturated rings. The molecule has 5 heteroatoms. The lowest BCUT2D eigenvalue weighted by Gasteiger charge is -2.20. The molecule has 0 amide bonds. The quantitative estimate of drug-likeness (QED) is 0.770. The van der Waals surface area contributed by atoms with Gasteiger partial charge in [-0.2, -0.15) is 0 Å². The first kappa shape index (κ1) is 11.4. The molecule has 0 unspecified atom stereocenters. The first-order valence-electron chi connectivity index (χ1n) is 5.74. The van der Waals surface area contributed by atoms with Gasteiger partial charge in [0.15, 0.2) is 0 Å². The van der Waals surface area contributed by atoms with Gasteiger partial charge in [0.2, 0.25) is 10.0 Å². The van der Waals surface area contributed by atoms with E-state index in [1.54, 1.807) is 0 Å². The van der Waals surface area contributed by atoms with Gasteiger partial charge in [-0.1, -0.05) is 0 Å². The number of hydrogen-bond donors (Lipinski definition) is 1. The molecule has 0 bridgehead atoms. The molecular formula is C10H20N2O2S. The second kappa shape index (κ2) is 4.03. The summed E-state index contributed by atoms with van der Waals surface area (Å²) in [4.78, 5) is 2.32. The molecule has 0 aromatic heterocycles. The van der Waals surface area contributed by atoms with E-state index in [1.165, 1.54) is 0 Å². The van der Waals surface area contributed by atoms with Gasteiger partial charge in [0.05, 0.1) is 5.25 Å². The van der Waals surface area contributed by atoms with Crippen LogP contribution in [-0.2, 0) is 10.0 Å². The molecule has 1 aliphatic heterocycles. The van der Waals surface area contributed by atoms with Crippen LogP contribution in [0.25, 0.3) is 0 Å². The molecule has 1 saturated heterocycles. The third kappa shape index (κ3) is 2.71. The van der Waals surface area contributed by atoms with E-state index in [4.69, 9.17) is 0 Å². The molecule has 0 aromatic rings. The minimum atomic E-state index is -3.00. The standard InChI is InChI=1S/C10H20N2O2S/c1-8(2)12-6-5-9(7-12)11-15(13,14)10-3-4-10/h8-11H,3-7H2,1-2H3/t9-/m1/s1. The molecule has 1 atom stereocenters. The van der Waals surface area contributed by atoms with Gasteiger partial charge in [0.25, 0.3) is 0 Å². The van der Waals surface area contributed by atoms with Crippen molar-refractivity contribution in [3.05, 3.63) is 0 Å². The molecule has 88 valence electrons. The number of likely N-dealkylation sites (tertiary alicyclic amines) is 1. The van der Waals surface area contributed by atoms with Crippen LogP contribution >= 0.6 is 0 Å². The summed E-state index contributed by atoms with van der Waals surface area (Å²) in [5, 5.41) is -0.0920. The minimum absolute atomic E-state index is 0.0920. The molecule has 1 aliphatic carbocycles. The van der Waals surface area contributed by atoms with Crippen LogP contribution in [0.2, 0.25) is 0 Å². The summed E-state index contributed by atoms with van der Waals surface area (Å²) in [6, 6.07) is 0.651. The van der Waals surface area contributed by atoms with E-state index in [0.717, 1.165) is 32.4 Å². The van der Waals surface area contributed by atoms with E-state index in [0.29, 0.717) is 6.04 Å². The second-order valence-electron chi connectivity index (χ2n) is 4.94.